The van der Waals surface area contributed by atoms with Crippen LogP contribution in [0.3, 0.4) is 0 Å². The van der Waals surface area contributed by atoms with Gasteiger partial charge in [0.1, 0.15) is 11.6 Å². The second-order valence-electron chi connectivity index (χ2n) is 5.19. The van der Waals surface area contributed by atoms with Crippen LogP contribution in [0.4, 0.5) is 5.82 Å². The normalized spacial score (nSPS) is 10.8. The standard InChI is InChI=1S/C18H21N3O/c1-3-21-11-9-14-13-16(7-8-17(14)21)22-12-10-15-5-4-6-18(19-2)20-15/h4-9,11,13H,3,10,12H2,1-2H3,(H,19,20). The molecule has 0 spiro atoms. The predicted molar refractivity (Wildman–Crippen MR) is 90.6 cm³/mol. The Balaban J connectivity index is 1.63. The Morgan fingerprint density at radius 3 is 2.91 bits per heavy atom. The first-order valence-electron chi connectivity index (χ1n) is 7.65. The molecule has 0 aliphatic heterocycles. The van der Waals surface area contributed by atoms with Gasteiger partial charge in [0, 0.05) is 42.8 Å². The second kappa shape index (κ2) is 6.52. The number of pyridine rings is 1. The van der Waals surface area contributed by atoms with Crippen LogP contribution in [0, 0.1) is 0 Å². The molecule has 0 amide bonds. The van der Waals surface area contributed by atoms with Crippen molar-refractivity contribution in [3.63, 3.8) is 0 Å². The molecule has 0 bridgehead atoms. The lowest BCUT2D eigenvalue weighted by Gasteiger charge is -2.08. The third-order valence-electron chi connectivity index (χ3n) is 3.77. The highest BCUT2D eigenvalue weighted by Crippen LogP contribution is 2.22. The molecule has 3 rings (SSSR count). The third-order valence-corrected chi connectivity index (χ3v) is 3.77. The average molecular weight is 295 g/mol. The minimum Gasteiger partial charge on any atom is -0.493 e. The smallest absolute Gasteiger partial charge is 0.125 e. The number of nitrogens with zero attached hydrogens (tertiary/aromatic N) is 2. The van der Waals surface area contributed by atoms with Gasteiger partial charge < -0.3 is 14.6 Å². The van der Waals surface area contributed by atoms with Gasteiger partial charge in [-0.3, -0.25) is 0 Å². The number of aryl methyl sites for hydroxylation is 1. The molecule has 4 heteroatoms. The summed E-state index contributed by atoms with van der Waals surface area (Å²) in [7, 11) is 1.88. The van der Waals surface area contributed by atoms with E-state index in [-0.39, 0.29) is 0 Å². The second-order valence-corrected chi connectivity index (χ2v) is 5.19. The Kier molecular flexibility index (Phi) is 4.28. The third kappa shape index (κ3) is 3.06. The van der Waals surface area contributed by atoms with E-state index in [9.17, 15) is 0 Å². The molecule has 0 aliphatic rings. The first-order valence-corrected chi connectivity index (χ1v) is 7.65. The fraction of sp³-hybridized carbons (Fsp3) is 0.278. The quantitative estimate of drug-likeness (QED) is 0.753. The molecule has 0 radical (unpaired) electrons. The van der Waals surface area contributed by atoms with E-state index in [2.05, 4.69) is 46.2 Å². The molecule has 0 saturated heterocycles. The Hall–Kier alpha value is -2.49. The van der Waals surface area contributed by atoms with Crippen LogP contribution in [0.25, 0.3) is 10.9 Å². The molecule has 22 heavy (non-hydrogen) atoms. The number of nitrogens with one attached hydrogen (secondary N) is 1. The van der Waals surface area contributed by atoms with Gasteiger partial charge in [0.25, 0.3) is 0 Å². The Morgan fingerprint density at radius 2 is 2.09 bits per heavy atom. The number of benzene rings is 1. The van der Waals surface area contributed by atoms with Gasteiger partial charge in [0.15, 0.2) is 0 Å². The summed E-state index contributed by atoms with van der Waals surface area (Å²) in [6.07, 6.45) is 2.91. The highest BCUT2D eigenvalue weighted by Gasteiger charge is 2.02. The first kappa shape index (κ1) is 14.4. The van der Waals surface area contributed by atoms with Gasteiger partial charge >= 0.3 is 0 Å². The topological polar surface area (TPSA) is 39.1 Å². The van der Waals surface area contributed by atoms with E-state index in [4.69, 9.17) is 4.74 Å². The summed E-state index contributed by atoms with van der Waals surface area (Å²) in [5.74, 6) is 1.80. The maximum absolute atomic E-state index is 5.86. The molecule has 1 N–H and O–H groups in total. The number of rotatable bonds is 6. The number of hydrogen-bond acceptors (Lipinski definition) is 3. The monoisotopic (exact) mass is 295 g/mol. The molecule has 114 valence electrons. The van der Waals surface area contributed by atoms with Crippen LogP contribution in [0.1, 0.15) is 12.6 Å². The Morgan fingerprint density at radius 1 is 1.18 bits per heavy atom. The highest BCUT2D eigenvalue weighted by molar-refractivity contribution is 5.81. The first-order chi connectivity index (χ1) is 10.8. The van der Waals surface area contributed by atoms with Crippen molar-refractivity contribution in [1.29, 1.82) is 0 Å². The largest absolute Gasteiger partial charge is 0.493 e. The van der Waals surface area contributed by atoms with Gasteiger partial charge in [-0.2, -0.15) is 0 Å². The van der Waals surface area contributed by atoms with E-state index >= 15 is 0 Å². The number of aromatic nitrogens is 2. The lowest BCUT2D eigenvalue weighted by atomic mass is 10.2. The van der Waals surface area contributed by atoms with Crippen molar-refractivity contribution in [3.05, 3.63) is 54.4 Å². The molecule has 1 aromatic carbocycles. The van der Waals surface area contributed by atoms with Gasteiger partial charge in [-0.15, -0.1) is 0 Å². The summed E-state index contributed by atoms with van der Waals surface area (Å²) in [4.78, 5) is 4.49. The fourth-order valence-electron chi connectivity index (χ4n) is 2.58. The van der Waals surface area contributed by atoms with Gasteiger partial charge in [-0.1, -0.05) is 6.07 Å². The number of hydrogen-bond donors (Lipinski definition) is 1. The van der Waals surface area contributed by atoms with Crippen LogP contribution >= 0.6 is 0 Å². The van der Waals surface area contributed by atoms with Gasteiger partial charge in [-0.05, 0) is 43.3 Å². The van der Waals surface area contributed by atoms with Crippen LogP contribution in [0.15, 0.2) is 48.7 Å². The fourth-order valence-corrected chi connectivity index (χ4v) is 2.58. The van der Waals surface area contributed by atoms with E-state index in [1.165, 1.54) is 10.9 Å². The van der Waals surface area contributed by atoms with E-state index in [1.807, 2.05) is 31.3 Å². The summed E-state index contributed by atoms with van der Waals surface area (Å²) < 4.78 is 8.09. The summed E-state index contributed by atoms with van der Waals surface area (Å²) in [6, 6.07) is 14.4. The van der Waals surface area contributed by atoms with Crippen molar-refractivity contribution < 1.29 is 4.74 Å². The molecule has 0 saturated carbocycles. The molecule has 0 fully saturated rings. The minimum atomic E-state index is 0.625. The molecule has 2 aromatic heterocycles. The van der Waals surface area contributed by atoms with Crippen molar-refractivity contribution in [2.24, 2.45) is 0 Å². The maximum Gasteiger partial charge on any atom is 0.125 e. The van der Waals surface area contributed by atoms with Crippen LogP contribution in [0.5, 0.6) is 5.75 Å². The molecule has 0 atom stereocenters. The average Bonchev–Trinajstić information content (AvgIpc) is 2.97. The van der Waals surface area contributed by atoms with Crippen LogP contribution in [-0.4, -0.2) is 23.2 Å². The molecular formula is C18H21N3O. The lowest BCUT2D eigenvalue weighted by Crippen LogP contribution is -2.04. The van der Waals surface area contributed by atoms with Crippen LogP contribution < -0.4 is 10.1 Å². The Bertz CT molecular complexity index is 764. The van der Waals surface area contributed by atoms with Crippen molar-refractivity contribution in [2.45, 2.75) is 19.9 Å². The van der Waals surface area contributed by atoms with Crippen LogP contribution in [0.2, 0.25) is 0 Å². The van der Waals surface area contributed by atoms with Crippen molar-refractivity contribution in [2.75, 3.05) is 19.0 Å². The number of anilines is 1. The van der Waals surface area contributed by atoms with E-state index in [0.717, 1.165) is 30.2 Å². The molecule has 4 nitrogen and oxygen atoms in total. The summed E-state index contributed by atoms with van der Waals surface area (Å²) in [6.45, 7) is 3.76. The van der Waals surface area contributed by atoms with Crippen molar-refractivity contribution in [1.82, 2.24) is 9.55 Å². The minimum absolute atomic E-state index is 0.625. The van der Waals surface area contributed by atoms with E-state index in [1.54, 1.807) is 0 Å². The molecule has 3 aromatic rings. The molecule has 0 unspecified atom stereocenters. The molecular weight excluding hydrogens is 274 g/mol. The number of ether oxygens (including phenoxy) is 1. The van der Waals surface area contributed by atoms with E-state index < -0.39 is 0 Å². The van der Waals surface area contributed by atoms with Gasteiger partial charge in [0.2, 0.25) is 0 Å². The number of fused-ring (bicyclic) bond motifs is 1. The van der Waals surface area contributed by atoms with Crippen LogP contribution in [-0.2, 0) is 13.0 Å². The van der Waals surface area contributed by atoms with Gasteiger partial charge in [-0.25, -0.2) is 4.98 Å². The lowest BCUT2D eigenvalue weighted by molar-refractivity contribution is 0.321. The SMILES string of the molecule is CCn1ccc2cc(OCCc3cccc(NC)n3)ccc21. The molecule has 2 heterocycles. The summed E-state index contributed by atoms with van der Waals surface area (Å²) in [5, 5.41) is 4.27. The van der Waals surface area contributed by atoms with Crippen molar-refractivity contribution >= 4 is 16.7 Å². The predicted octanol–water partition coefficient (Wildman–Crippen LogP) is 3.72. The zero-order valence-electron chi connectivity index (χ0n) is 13.0. The van der Waals surface area contributed by atoms with Crippen molar-refractivity contribution in [3.8, 4) is 5.75 Å². The zero-order chi connectivity index (χ0) is 15.4. The Labute approximate surface area is 130 Å². The van der Waals surface area contributed by atoms with Gasteiger partial charge in [0.05, 0.1) is 6.61 Å². The summed E-state index contributed by atoms with van der Waals surface area (Å²) in [5.41, 5.74) is 2.28. The maximum atomic E-state index is 5.86. The summed E-state index contributed by atoms with van der Waals surface area (Å²) >= 11 is 0. The molecule has 0 aliphatic carbocycles. The highest BCUT2D eigenvalue weighted by atomic mass is 16.5. The van der Waals surface area contributed by atoms with E-state index in [0.29, 0.717) is 6.61 Å². The zero-order valence-corrected chi connectivity index (χ0v) is 13.0.